The van der Waals surface area contributed by atoms with Crippen LogP contribution < -0.4 is 10.2 Å². The molecule has 0 bridgehead atoms. The van der Waals surface area contributed by atoms with Crippen LogP contribution in [0.3, 0.4) is 0 Å². The molecule has 7 heteroatoms. The maximum atomic E-state index is 12.1. The summed E-state index contributed by atoms with van der Waals surface area (Å²) in [6.45, 7) is 4.71. The van der Waals surface area contributed by atoms with Crippen molar-refractivity contribution in [3.63, 3.8) is 0 Å². The second kappa shape index (κ2) is 8.09. The van der Waals surface area contributed by atoms with Crippen LogP contribution in [-0.4, -0.2) is 42.0 Å². The van der Waals surface area contributed by atoms with E-state index in [0.717, 1.165) is 26.2 Å². The Balaban J connectivity index is 1.26. The Kier molecular flexibility index (Phi) is 5.20. The molecule has 140 valence electrons. The van der Waals surface area contributed by atoms with E-state index in [1.54, 1.807) is 12.3 Å². The lowest BCUT2D eigenvalue weighted by atomic mass is 10.2. The molecule has 7 nitrogen and oxygen atoms in total. The Hall–Kier alpha value is -3.06. The van der Waals surface area contributed by atoms with Crippen LogP contribution in [0.25, 0.3) is 0 Å². The number of piperazine rings is 1. The summed E-state index contributed by atoms with van der Waals surface area (Å²) in [6, 6.07) is 14.0. The van der Waals surface area contributed by atoms with Gasteiger partial charge in [-0.15, -0.1) is 0 Å². The fourth-order valence-electron chi connectivity index (χ4n) is 3.15. The Labute approximate surface area is 157 Å². The predicted molar refractivity (Wildman–Crippen MR) is 100 cm³/mol. The van der Waals surface area contributed by atoms with Gasteiger partial charge in [0.15, 0.2) is 5.69 Å². The van der Waals surface area contributed by atoms with Crippen molar-refractivity contribution in [3.8, 4) is 0 Å². The van der Waals surface area contributed by atoms with Gasteiger partial charge in [0.05, 0.1) is 19.4 Å². The molecule has 27 heavy (non-hydrogen) atoms. The molecule has 4 rings (SSSR count). The third-order valence-corrected chi connectivity index (χ3v) is 4.64. The fourth-order valence-corrected chi connectivity index (χ4v) is 3.15. The van der Waals surface area contributed by atoms with Gasteiger partial charge in [-0.1, -0.05) is 18.2 Å². The van der Waals surface area contributed by atoms with Gasteiger partial charge in [0.2, 0.25) is 5.89 Å². The van der Waals surface area contributed by atoms with Crippen molar-refractivity contribution < 1.29 is 13.6 Å². The van der Waals surface area contributed by atoms with Crippen LogP contribution in [0.1, 0.15) is 22.1 Å². The highest BCUT2D eigenvalue weighted by molar-refractivity contribution is 5.91. The summed E-state index contributed by atoms with van der Waals surface area (Å²) in [4.78, 5) is 21.1. The molecule has 1 aliphatic heterocycles. The highest BCUT2D eigenvalue weighted by Crippen LogP contribution is 2.16. The normalized spacial score (nSPS) is 15.0. The van der Waals surface area contributed by atoms with Gasteiger partial charge in [0.25, 0.3) is 5.91 Å². The summed E-state index contributed by atoms with van der Waals surface area (Å²) >= 11 is 0. The molecular weight excluding hydrogens is 344 g/mol. The Morgan fingerprint density at radius 1 is 1.04 bits per heavy atom. The van der Waals surface area contributed by atoms with E-state index < -0.39 is 0 Å². The summed E-state index contributed by atoms with van der Waals surface area (Å²) in [5.74, 6) is 0.991. The van der Waals surface area contributed by atoms with Crippen molar-refractivity contribution in [2.75, 3.05) is 31.1 Å². The van der Waals surface area contributed by atoms with Gasteiger partial charge in [-0.05, 0) is 24.3 Å². The van der Waals surface area contributed by atoms with Gasteiger partial charge in [-0.25, -0.2) is 4.98 Å². The highest BCUT2D eigenvalue weighted by Gasteiger charge is 2.20. The minimum Gasteiger partial charge on any atom is -0.467 e. The number of nitrogens with one attached hydrogen (secondary N) is 1. The van der Waals surface area contributed by atoms with E-state index in [1.807, 2.05) is 12.1 Å². The van der Waals surface area contributed by atoms with Crippen molar-refractivity contribution in [2.24, 2.45) is 0 Å². The van der Waals surface area contributed by atoms with Crippen molar-refractivity contribution in [2.45, 2.75) is 13.1 Å². The molecule has 2 aromatic heterocycles. The third-order valence-electron chi connectivity index (χ3n) is 4.64. The molecule has 1 aromatic carbocycles. The number of hydrogen-bond donors (Lipinski definition) is 1. The number of carbonyl (C=O) groups excluding carboxylic acids is 1. The van der Waals surface area contributed by atoms with Crippen molar-refractivity contribution in [1.29, 1.82) is 0 Å². The van der Waals surface area contributed by atoms with E-state index in [0.29, 0.717) is 30.4 Å². The number of furan rings is 1. The van der Waals surface area contributed by atoms with Gasteiger partial charge >= 0.3 is 0 Å². The van der Waals surface area contributed by atoms with E-state index in [9.17, 15) is 4.79 Å². The molecule has 1 fully saturated rings. The molecule has 1 saturated heterocycles. The molecule has 0 atom stereocenters. The predicted octanol–water partition coefficient (Wildman–Crippen LogP) is 2.52. The number of oxazole rings is 1. The smallest absolute Gasteiger partial charge is 0.273 e. The summed E-state index contributed by atoms with van der Waals surface area (Å²) in [7, 11) is 0. The maximum absolute atomic E-state index is 12.1. The molecule has 0 saturated carbocycles. The monoisotopic (exact) mass is 366 g/mol. The first-order chi connectivity index (χ1) is 13.3. The van der Waals surface area contributed by atoms with Crippen LogP contribution in [0.15, 0.2) is 63.8 Å². The summed E-state index contributed by atoms with van der Waals surface area (Å²) in [6.07, 6.45) is 2.99. The van der Waals surface area contributed by atoms with E-state index in [2.05, 4.69) is 44.4 Å². The van der Waals surface area contributed by atoms with Crippen LogP contribution >= 0.6 is 0 Å². The molecule has 0 unspecified atom stereocenters. The van der Waals surface area contributed by atoms with Crippen LogP contribution in [0, 0.1) is 0 Å². The first kappa shape index (κ1) is 17.4. The minimum absolute atomic E-state index is 0.268. The van der Waals surface area contributed by atoms with Gasteiger partial charge in [0.1, 0.15) is 12.0 Å². The molecule has 0 spiro atoms. The average Bonchev–Trinajstić information content (AvgIpc) is 3.40. The molecular formula is C20H22N4O3. The summed E-state index contributed by atoms with van der Waals surface area (Å²) < 4.78 is 10.7. The van der Waals surface area contributed by atoms with Crippen LogP contribution in [-0.2, 0) is 13.1 Å². The summed E-state index contributed by atoms with van der Waals surface area (Å²) in [5.41, 5.74) is 1.54. The first-order valence-corrected chi connectivity index (χ1v) is 9.05. The van der Waals surface area contributed by atoms with Crippen LogP contribution in [0.2, 0.25) is 0 Å². The van der Waals surface area contributed by atoms with E-state index >= 15 is 0 Å². The first-order valence-electron chi connectivity index (χ1n) is 9.05. The number of nitrogens with zero attached hydrogens (tertiary/aromatic N) is 3. The van der Waals surface area contributed by atoms with Crippen molar-refractivity contribution in [3.05, 3.63) is 72.3 Å². The number of aromatic nitrogens is 1. The maximum Gasteiger partial charge on any atom is 0.273 e. The fraction of sp³-hybridized carbons (Fsp3) is 0.300. The Morgan fingerprint density at radius 3 is 2.59 bits per heavy atom. The molecule has 0 radical (unpaired) electrons. The zero-order valence-corrected chi connectivity index (χ0v) is 15.0. The standard InChI is InChI=1S/C20H22N4O3/c25-20(21-13-17-7-4-12-26-17)18-15-27-19(22-18)14-23-8-10-24(11-9-23)16-5-2-1-3-6-16/h1-7,12,15H,8-11,13-14H2,(H,21,25). The zero-order valence-electron chi connectivity index (χ0n) is 15.0. The topological polar surface area (TPSA) is 74.8 Å². The molecule has 3 aromatic rings. The lowest BCUT2D eigenvalue weighted by molar-refractivity contribution is 0.0943. The number of para-hydroxylation sites is 1. The van der Waals surface area contributed by atoms with Gasteiger partial charge in [-0.2, -0.15) is 0 Å². The number of anilines is 1. The Bertz CT molecular complexity index is 853. The molecule has 1 amide bonds. The minimum atomic E-state index is -0.268. The highest BCUT2D eigenvalue weighted by atomic mass is 16.3. The zero-order chi connectivity index (χ0) is 18.5. The SMILES string of the molecule is O=C(NCc1ccco1)c1coc(CN2CCN(c3ccccc3)CC2)n1. The molecule has 3 heterocycles. The quantitative estimate of drug-likeness (QED) is 0.723. The van der Waals surface area contributed by atoms with Crippen molar-refractivity contribution >= 4 is 11.6 Å². The average molecular weight is 366 g/mol. The largest absolute Gasteiger partial charge is 0.467 e. The molecule has 1 aliphatic rings. The van der Waals surface area contributed by atoms with Crippen LogP contribution in [0.4, 0.5) is 5.69 Å². The molecule has 0 aliphatic carbocycles. The third kappa shape index (κ3) is 4.38. The number of amides is 1. The number of benzene rings is 1. The lowest BCUT2D eigenvalue weighted by Gasteiger charge is -2.35. The van der Waals surface area contributed by atoms with Gasteiger partial charge in [0, 0.05) is 31.9 Å². The second-order valence-electron chi connectivity index (χ2n) is 6.49. The Morgan fingerprint density at radius 2 is 1.85 bits per heavy atom. The van der Waals surface area contributed by atoms with Crippen LogP contribution in [0.5, 0.6) is 0 Å². The summed E-state index contributed by atoms with van der Waals surface area (Å²) in [5, 5.41) is 2.77. The number of rotatable bonds is 6. The van der Waals surface area contributed by atoms with Gasteiger partial charge < -0.3 is 19.1 Å². The van der Waals surface area contributed by atoms with E-state index in [4.69, 9.17) is 8.83 Å². The van der Waals surface area contributed by atoms with Gasteiger partial charge in [-0.3, -0.25) is 9.69 Å². The molecule has 1 N–H and O–H groups in total. The van der Waals surface area contributed by atoms with E-state index in [1.165, 1.54) is 12.0 Å². The van der Waals surface area contributed by atoms with Crippen molar-refractivity contribution in [1.82, 2.24) is 15.2 Å². The number of hydrogen-bond acceptors (Lipinski definition) is 6. The second-order valence-corrected chi connectivity index (χ2v) is 6.49. The lowest BCUT2D eigenvalue weighted by Crippen LogP contribution is -2.46. The number of carbonyl (C=O) groups is 1. The van der Waals surface area contributed by atoms with E-state index in [-0.39, 0.29) is 5.91 Å².